The van der Waals surface area contributed by atoms with Crippen LogP contribution in [0.15, 0.2) is 0 Å². The molecule has 0 spiro atoms. The zero-order chi connectivity index (χ0) is 11.1. The van der Waals surface area contributed by atoms with Crippen molar-refractivity contribution in [1.82, 2.24) is 4.90 Å². The maximum atomic E-state index is 11.6. The Labute approximate surface area is 90.6 Å². The number of amides is 1. The summed E-state index contributed by atoms with van der Waals surface area (Å²) in [6.07, 6.45) is 4.09. The first-order valence-electron chi connectivity index (χ1n) is 5.67. The van der Waals surface area contributed by atoms with E-state index >= 15 is 0 Å². The summed E-state index contributed by atoms with van der Waals surface area (Å²) in [5.41, 5.74) is 0. The summed E-state index contributed by atoms with van der Waals surface area (Å²) in [4.78, 5) is 24.5. The molecule has 1 saturated heterocycles. The fourth-order valence-corrected chi connectivity index (χ4v) is 1.73. The Morgan fingerprint density at radius 2 is 2.20 bits per heavy atom. The van der Waals surface area contributed by atoms with Crippen LogP contribution >= 0.6 is 0 Å². The van der Waals surface area contributed by atoms with Crippen LogP contribution in [0.25, 0.3) is 0 Å². The van der Waals surface area contributed by atoms with Crippen LogP contribution in [0.2, 0.25) is 0 Å². The molecule has 0 aromatic heterocycles. The van der Waals surface area contributed by atoms with Crippen molar-refractivity contribution in [3.63, 3.8) is 0 Å². The van der Waals surface area contributed by atoms with Crippen LogP contribution in [0.4, 0.5) is 0 Å². The Morgan fingerprint density at radius 3 is 2.93 bits per heavy atom. The second-order valence-electron chi connectivity index (χ2n) is 3.75. The average molecular weight is 213 g/mol. The Kier molecular flexibility index (Phi) is 5.15. The molecule has 0 aromatic rings. The van der Waals surface area contributed by atoms with Gasteiger partial charge in [-0.25, -0.2) is 0 Å². The molecule has 1 amide bonds. The van der Waals surface area contributed by atoms with Crippen molar-refractivity contribution in [2.45, 2.75) is 39.0 Å². The lowest BCUT2D eigenvalue weighted by Gasteiger charge is -2.19. The van der Waals surface area contributed by atoms with Crippen molar-refractivity contribution in [2.24, 2.45) is 0 Å². The van der Waals surface area contributed by atoms with Gasteiger partial charge in [0.05, 0.1) is 13.0 Å². The van der Waals surface area contributed by atoms with Crippen molar-refractivity contribution in [3.05, 3.63) is 0 Å². The average Bonchev–Trinajstić information content (AvgIpc) is 2.41. The summed E-state index contributed by atoms with van der Waals surface area (Å²) in [7, 11) is 0. The molecule has 0 saturated carbocycles. The Hall–Kier alpha value is -1.06. The van der Waals surface area contributed by atoms with Gasteiger partial charge in [0, 0.05) is 19.5 Å². The molecule has 1 fully saturated rings. The molecule has 0 aliphatic carbocycles. The largest absolute Gasteiger partial charge is 0.466 e. The topological polar surface area (TPSA) is 46.6 Å². The van der Waals surface area contributed by atoms with Crippen LogP contribution in [-0.4, -0.2) is 36.5 Å². The normalized spacial score (nSPS) is 17.4. The van der Waals surface area contributed by atoms with Gasteiger partial charge in [0.15, 0.2) is 0 Å². The van der Waals surface area contributed by atoms with E-state index in [-0.39, 0.29) is 11.9 Å². The number of esters is 1. The molecular formula is C11H19NO3. The monoisotopic (exact) mass is 213 g/mol. The van der Waals surface area contributed by atoms with Crippen LogP contribution in [0.5, 0.6) is 0 Å². The molecule has 1 heterocycles. The quantitative estimate of drug-likeness (QED) is 0.662. The fourth-order valence-electron chi connectivity index (χ4n) is 1.73. The first kappa shape index (κ1) is 12.0. The van der Waals surface area contributed by atoms with Crippen molar-refractivity contribution in [3.8, 4) is 0 Å². The molecule has 1 aliphatic heterocycles. The lowest BCUT2D eigenvalue weighted by Crippen LogP contribution is -2.32. The van der Waals surface area contributed by atoms with E-state index in [9.17, 15) is 9.59 Å². The van der Waals surface area contributed by atoms with Gasteiger partial charge in [0.2, 0.25) is 5.91 Å². The van der Waals surface area contributed by atoms with E-state index in [1.807, 2.05) is 0 Å². The van der Waals surface area contributed by atoms with Crippen LogP contribution in [0.3, 0.4) is 0 Å². The van der Waals surface area contributed by atoms with Gasteiger partial charge in [-0.05, 0) is 19.8 Å². The molecule has 4 nitrogen and oxygen atoms in total. The third-order valence-corrected chi connectivity index (χ3v) is 2.56. The summed E-state index contributed by atoms with van der Waals surface area (Å²) in [6, 6.07) is 0. The highest BCUT2D eigenvalue weighted by Crippen LogP contribution is 2.11. The van der Waals surface area contributed by atoms with Crippen LogP contribution in [0, 0.1) is 0 Å². The summed E-state index contributed by atoms with van der Waals surface area (Å²) >= 11 is 0. The molecule has 1 aliphatic rings. The van der Waals surface area contributed by atoms with Gasteiger partial charge in [-0.3, -0.25) is 9.59 Å². The Bertz CT molecular complexity index is 228. The minimum absolute atomic E-state index is 0.178. The molecular weight excluding hydrogens is 194 g/mol. The van der Waals surface area contributed by atoms with Gasteiger partial charge in [-0.1, -0.05) is 6.42 Å². The highest BCUT2D eigenvalue weighted by atomic mass is 16.5. The summed E-state index contributed by atoms with van der Waals surface area (Å²) < 4.78 is 4.82. The molecule has 0 aromatic carbocycles. The number of hydrogen-bond acceptors (Lipinski definition) is 3. The Balaban J connectivity index is 2.29. The van der Waals surface area contributed by atoms with E-state index in [0.29, 0.717) is 26.0 Å². The lowest BCUT2D eigenvalue weighted by atomic mass is 10.2. The highest BCUT2D eigenvalue weighted by Gasteiger charge is 2.17. The molecule has 86 valence electrons. The van der Waals surface area contributed by atoms with Gasteiger partial charge in [-0.2, -0.15) is 0 Å². The molecule has 0 N–H and O–H groups in total. The van der Waals surface area contributed by atoms with E-state index in [1.54, 1.807) is 11.8 Å². The molecule has 4 heteroatoms. The predicted molar refractivity (Wildman–Crippen MR) is 56.3 cm³/mol. The van der Waals surface area contributed by atoms with Crippen molar-refractivity contribution < 1.29 is 14.3 Å². The van der Waals surface area contributed by atoms with Crippen molar-refractivity contribution in [1.29, 1.82) is 0 Å². The van der Waals surface area contributed by atoms with Gasteiger partial charge >= 0.3 is 5.97 Å². The molecule has 0 bridgehead atoms. The molecule has 0 radical (unpaired) electrons. The second kappa shape index (κ2) is 6.43. The van der Waals surface area contributed by atoms with E-state index in [2.05, 4.69) is 0 Å². The number of nitrogens with zero attached hydrogens (tertiary/aromatic N) is 1. The van der Waals surface area contributed by atoms with Crippen LogP contribution < -0.4 is 0 Å². The van der Waals surface area contributed by atoms with E-state index < -0.39 is 0 Å². The second-order valence-corrected chi connectivity index (χ2v) is 3.75. The minimum Gasteiger partial charge on any atom is -0.466 e. The first-order chi connectivity index (χ1) is 7.24. The Morgan fingerprint density at radius 1 is 1.40 bits per heavy atom. The predicted octanol–water partition coefficient (Wildman–Crippen LogP) is 1.34. The summed E-state index contributed by atoms with van der Waals surface area (Å²) in [6.45, 7) is 3.50. The van der Waals surface area contributed by atoms with Crippen LogP contribution in [0.1, 0.15) is 39.0 Å². The molecule has 15 heavy (non-hydrogen) atoms. The number of likely N-dealkylation sites (tertiary alicyclic amines) is 1. The zero-order valence-corrected chi connectivity index (χ0v) is 9.33. The number of ether oxygens (including phenoxy) is 1. The fraction of sp³-hybridized carbons (Fsp3) is 0.818. The zero-order valence-electron chi connectivity index (χ0n) is 9.33. The molecule has 0 unspecified atom stereocenters. The molecule has 0 atom stereocenters. The summed E-state index contributed by atoms with van der Waals surface area (Å²) in [5.74, 6) is -0.0358. The van der Waals surface area contributed by atoms with E-state index in [0.717, 1.165) is 25.8 Å². The minimum atomic E-state index is -0.213. The highest BCUT2D eigenvalue weighted by molar-refractivity contribution is 5.77. The van der Waals surface area contributed by atoms with Gasteiger partial charge < -0.3 is 9.64 Å². The number of carbonyl (C=O) groups excluding carboxylic acids is 2. The SMILES string of the molecule is CCOC(=O)CCN1CCCCCC1=O. The van der Waals surface area contributed by atoms with Gasteiger partial charge in [0.25, 0.3) is 0 Å². The van der Waals surface area contributed by atoms with Gasteiger partial charge in [0.1, 0.15) is 0 Å². The first-order valence-corrected chi connectivity index (χ1v) is 5.67. The van der Waals surface area contributed by atoms with Crippen LogP contribution in [-0.2, 0) is 14.3 Å². The third-order valence-electron chi connectivity index (χ3n) is 2.56. The maximum Gasteiger partial charge on any atom is 0.307 e. The van der Waals surface area contributed by atoms with E-state index in [1.165, 1.54) is 0 Å². The summed E-state index contributed by atoms with van der Waals surface area (Å²) in [5, 5.41) is 0. The van der Waals surface area contributed by atoms with Crippen molar-refractivity contribution in [2.75, 3.05) is 19.7 Å². The standard InChI is InChI=1S/C11H19NO3/c1-2-15-11(14)7-9-12-8-5-3-4-6-10(12)13/h2-9H2,1H3. The third kappa shape index (κ3) is 4.32. The maximum absolute atomic E-state index is 11.6. The number of rotatable bonds is 4. The smallest absolute Gasteiger partial charge is 0.307 e. The van der Waals surface area contributed by atoms with E-state index in [4.69, 9.17) is 4.74 Å². The van der Waals surface area contributed by atoms with Crippen molar-refractivity contribution >= 4 is 11.9 Å². The lowest BCUT2D eigenvalue weighted by molar-refractivity contribution is -0.144. The number of hydrogen-bond donors (Lipinski definition) is 0. The van der Waals surface area contributed by atoms with Gasteiger partial charge in [-0.15, -0.1) is 0 Å². The number of carbonyl (C=O) groups is 2. The molecule has 1 rings (SSSR count).